The maximum absolute atomic E-state index is 14.0. The van der Waals surface area contributed by atoms with Gasteiger partial charge < -0.3 is 24.6 Å². The molecule has 1 spiro atoms. The van der Waals surface area contributed by atoms with Crippen molar-refractivity contribution in [3.8, 4) is 0 Å². The Bertz CT molecular complexity index is 1490. The summed E-state index contributed by atoms with van der Waals surface area (Å²) in [6.45, 7) is 4.14. The van der Waals surface area contributed by atoms with E-state index in [1.165, 1.54) is 11.3 Å². The second-order valence-corrected chi connectivity index (χ2v) is 11.5. The van der Waals surface area contributed by atoms with Crippen LogP contribution in [0.25, 0.3) is 0 Å². The first-order valence-corrected chi connectivity index (χ1v) is 14.6. The molecule has 3 unspecified atom stereocenters. The van der Waals surface area contributed by atoms with Gasteiger partial charge in [-0.25, -0.2) is 0 Å². The number of nitrogens with one attached hydrogen (secondary N) is 1. The van der Waals surface area contributed by atoms with Gasteiger partial charge in [0.2, 0.25) is 5.69 Å². The number of fused-ring (bicyclic) bond motifs is 1. The minimum absolute atomic E-state index is 0.0320. The minimum atomic E-state index is -0.598. The molecule has 0 saturated carbocycles. The fourth-order valence-electron chi connectivity index (χ4n) is 7.13. The second kappa shape index (κ2) is 10.5. The lowest BCUT2D eigenvalue weighted by Crippen LogP contribution is -2.44. The number of amides is 1. The molecule has 2 bridgehead atoms. The molecule has 3 atom stereocenters. The zero-order chi connectivity index (χ0) is 28.0. The fourth-order valence-corrected chi connectivity index (χ4v) is 7.13. The molecular weight excluding hydrogens is 512 g/mol. The van der Waals surface area contributed by atoms with Gasteiger partial charge in [0.05, 0.1) is 18.8 Å². The normalized spacial score (nSPS) is 25.6. The summed E-state index contributed by atoms with van der Waals surface area (Å²) in [4.78, 5) is 18.7. The van der Waals surface area contributed by atoms with Gasteiger partial charge in [-0.2, -0.15) is 4.58 Å². The summed E-state index contributed by atoms with van der Waals surface area (Å²) in [6.07, 6.45) is 2.22. The first kappa shape index (κ1) is 26.0. The minimum Gasteiger partial charge on any atom is -0.447 e. The number of rotatable bonds is 6. The van der Waals surface area contributed by atoms with Crippen LogP contribution < -0.4 is 10.2 Å². The Labute approximate surface area is 241 Å². The molecule has 4 aliphatic heterocycles. The molecule has 7 rings (SSSR count). The number of piperazine rings is 1. The Kier molecular flexibility index (Phi) is 6.64. The molecule has 4 heterocycles. The van der Waals surface area contributed by atoms with Crippen LogP contribution in [-0.2, 0) is 20.7 Å². The molecule has 3 aromatic rings. The zero-order valence-corrected chi connectivity index (χ0v) is 23.8. The third-order valence-electron chi connectivity index (χ3n) is 9.17. The van der Waals surface area contributed by atoms with Gasteiger partial charge in [0.1, 0.15) is 5.57 Å². The molecular formula is C34H37N4O3+. The highest BCUT2D eigenvalue weighted by molar-refractivity contribution is 6.12. The van der Waals surface area contributed by atoms with Crippen LogP contribution >= 0.6 is 0 Å². The van der Waals surface area contributed by atoms with Crippen molar-refractivity contribution in [1.29, 1.82) is 0 Å². The van der Waals surface area contributed by atoms with Gasteiger partial charge in [0.15, 0.2) is 11.6 Å². The maximum atomic E-state index is 14.0. The van der Waals surface area contributed by atoms with E-state index >= 15 is 0 Å². The van der Waals surface area contributed by atoms with Gasteiger partial charge >= 0.3 is 5.90 Å². The topological polar surface area (TPSA) is 57.1 Å². The van der Waals surface area contributed by atoms with E-state index in [1.807, 2.05) is 36.4 Å². The highest BCUT2D eigenvalue weighted by Crippen LogP contribution is 2.55. The number of carbonyl (C=O) groups is 1. The van der Waals surface area contributed by atoms with Crippen molar-refractivity contribution >= 4 is 28.9 Å². The van der Waals surface area contributed by atoms with Gasteiger partial charge in [-0.15, -0.1) is 0 Å². The molecule has 210 valence electrons. The number of methoxy groups -OCH3 is 1. The number of hydrogen-bond acceptors (Lipinski definition) is 5. The second-order valence-electron chi connectivity index (χ2n) is 11.5. The smallest absolute Gasteiger partial charge is 0.375 e. The molecule has 1 N–H and O–H groups in total. The summed E-state index contributed by atoms with van der Waals surface area (Å²) in [5, 5.41) is 3.19. The van der Waals surface area contributed by atoms with E-state index in [1.54, 1.807) is 7.11 Å². The summed E-state index contributed by atoms with van der Waals surface area (Å²) < 4.78 is 15.2. The van der Waals surface area contributed by atoms with Gasteiger partial charge in [-0.05, 0) is 49.7 Å². The molecule has 41 heavy (non-hydrogen) atoms. The molecule has 1 amide bonds. The number of benzene rings is 3. The van der Waals surface area contributed by atoms with E-state index in [0.29, 0.717) is 5.57 Å². The number of para-hydroxylation sites is 1. The van der Waals surface area contributed by atoms with E-state index in [4.69, 9.17) is 9.47 Å². The number of hydrogen-bond donors (Lipinski definition) is 1. The third-order valence-corrected chi connectivity index (χ3v) is 9.17. The summed E-state index contributed by atoms with van der Waals surface area (Å²) in [7, 11) is 3.87. The number of nitrogens with zero attached hydrogens (tertiary/aromatic N) is 3. The lowest BCUT2D eigenvalue weighted by atomic mass is 9.77. The van der Waals surface area contributed by atoms with Crippen LogP contribution in [0, 0.1) is 0 Å². The van der Waals surface area contributed by atoms with Crippen molar-refractivity contribution in [2.75, 3.05) is 50.6 Å². The van der Waals surface area contributed by atoms with Crippen molar-refractivity contribution < 1.29 is 18.8 Å². The van der Waals surface area contributed by atoms with Crippen molar-refractivity contribution in [3.05, 3.63) is 102 Å². The Morgan fingerprint density at radius 3 is 2.34 bits per heavy atom. The largest absolute Gasteiger partial charge is 0.447 e. The maximum Gasteiger partial charge on any atom is 0.375 e. The van der Waals surface area contributed by atoms with Gasteiger partial charge in [0, 0.05) is 56.1 Å². The predicted molar refractivity (Wildman–Crippen MR) is 161 cm³/mol. The van der Waals surface area contributed by atoms with E-state index < -0.39 is 5.60 Å². The summed E-state index contributed by atoms with van der Waals surface area (Å²) in [5.41, 5.74) is 5.26. The van der Waals surface area contributed by atoms with Crippen LogP contribution in [0.4, 0.5) is 17.1 Å². The molecule has 7 heteroatoms. The van der Waals surface area contributed by atoms with Crippen molar-refractivity contribution in [3.63, 3.8) is 0 Å². The van der Waals surface area contributed by atoms with Crippen LogP contribution in [0.15, 0.2) is 96.1 Å². The van der Waals surface area contributed by atoms with Crippen LogP contribution in [0.2, 0.25) is 0 Å². The van der Waals surface area contributed by atoms with Gasteiger partial charge in [0.25, 0.3) is 5.91 Å². The van der Waals surface area contributed by atoms with Gasteiger partial charge in [-0.1, -0.05) is 48.5 Å². The third kappa shape index (κ3) is 4.44. The predicted octanol–water partition coefficient (Wildman–Crippen LogP) is 4.62. The average molecular weight is 550 g/mol. The monoisotopic (exact) mass is 549 g/mol. The lowest BCUT2D eigenvalue weighted by molar-refractivity contribution is -0.502. The van der Waals surface area contributed by atoms with Crippen LogP contribution in [-0.4, -0.2) is 79.4 Å². The number of ether oxygens (including phenoxy) is 2. The van der Waals surface area contributed by atoms with E-state index in [9.17, 15) is 4.79 Å². The van der Waals surface area contributed by atoms with E-state index in [-0.39, 0.29) is 18.1 Å². The van der Waals surface area contributed by atoms with Crippen LogP contribution in [0.5, 0.6) is 0 Å². The van der Waals surface area contributed by atoms with Crippen molar-refractivity contribution in [2.24, 2.45) is 0 Å². The molecule has 0 aliphatic carbocycles. The summed E-state index contributed by atoms with van der Waals surface area (Å²) in [5.74, 6) is 0.608. The molecule has 3 aromatic carbocycles. The molecule has 2 fully saturated rings. The quantitative estimate of drug-likeness (QED) is 0.455. The molecule has 0 radical (unpaired) electrons. The Morgan fingerprint density at radius 1 is 0.976 bits per heavy atom. The molecule has 2 saturated heterocycles. The zero-order valence-electron chi connectivity index (χ0n) is 23.8. The summed E-state index contributed by atoms with van der Waals surface area (Å²) >= 11 is 0. The Morgan fingerprint density at radius 2 is 1.66 bits per heavy atom. The fraction of sp³-hybridized carbons (Fsp3) is 0.353. The average Bonchev–Trinajstić information content (AvgIpc) is 3.66. The number of carbonyl (C=O) groups excluding carboxylic acids is 1. The Hall–Kier alpha value is -3.94. The van der Waals surface area contributed by atoms with Gasteiger partial charge in [-0.3, -0.25) is 4.79 Å². The standard InChI is InChI=1S/C34H36N4O3/c1-36-19-21-37(22-20-36)26-15-13-25(14-16-26)35-32(39)30-28-17-18-34(41-28)29(23-24-9-5-3-6-10-24)38(33(40-2)31(30)34)27-11-7-4-8-12-27/h3-16,28-29H,17-23H2,1-2H3/p+1. The summed E-state index contributed by atoms with van der Waals surface area (Å²) in [6, 6.07) is 29.0. The van der Waals surface area contributed by atoms with Crippen molar-refractivity contribution in [2.45, 2.75) is 37.0 Å². The molecule has 4 aliphatic rings. The highest BCUT2D eigenvalue weighted by Gasteiger charge is 2.69. The number of likely N-dealkylation sites (N-methyl/N-ethyl adjacent to an activating group) is 1. The Balaban J connectivity index is 1.24. The SMILES string of the molecule is COC1=[N+](c2ccccc2)C(Cc2ccccc2)C23CCC(O2)C(C(=O)Nc2ccc(N4CCN(C)CC4)cc2)=C13. The lowest BCUT2D eigenvalue weighted by Gasteiger charge is -2.34. The van der Waals surface area contributed by atoms with E-state index in [0.717, 1.165) is 68.3 Å². The first-order chi connectivity index (χ1) is 20.1. The molecule has 7 nitrogen and oxygen atoms in total. The highest BCUT2D eigenvalue weighted by atomic mass is 16.5. The van der Waals surface area contributed by atoms with Crippen molar-refractivity contribution in [1.82, 2.24) is 4.90 Å². The van der Waals surface area contributed by atoms with Crippen LogP contribution in [0.1, 0.15) is 18.4 Å². The number of anilines is 2. The van der Waals surface area contributed by atoms with Crippen LogP contribution in [0.3, 0.4) is 0 Å². The first-order valence-electron chi connectivity index (χ1n) is 14.6. The van der Waals surface area contributed by atoms with E-state index in [2.05, 4.69) is 75.3 Å². The molecule has 0 aromatic heterocycles.